The van der Waals surface area contributed by atoms with E-state index in [1.165, 1.54) is 5.56 Å². The van der Waals surface area contributed by atoms with Crippen molar-refractivity contribution in [3.63, 3.8) is 0 Å². The maximum atomic E-state index is 5.06. The van der Waals surface area contributed by atoms with Gasteiger partial charge < -0.3 is 10.1 Å². The molecule has 0 bridgehead atoms. The molecule has 1 aromatic rings. The first-order chi connectivity index (χ1) is 6.92. The molecule has 3 nitrogen and oxygen atoms in total. The summed E-state index contributed by atoms with van der Waals surface area (Å²) in [6.07, 6.45) is 0. The Bertz CT molecular complexity index is 329. The third-order valence-electron chi connectivity index (χ3n) is 2.19. The molecule has 0 aliphatic heterocycles. The number of aryl methyl sites for hydroxylation is 1. The van der Waals surface area contributed by atoms with E-state index in [1.54, 1.807) is 7.11 Å². The Labute approximate surface area is 91.9 Å². The molecule has 0 aromatic carbocycles. The monoisotopic (exact) mass is 208 g/mol. The second-order valence-electron chi connectivity index (χ2n) is 4.70. The average Bonchev–Trinajstić information content (AvgIpc) is 2.14. The molecule has 0 spiro atoms. The first-order valence-electron chi connectivity index (χ1n) is 5.18. The number of methoxy groups -OCH3 is 1. The van der Waals surface area contributed by atoms with E-state index >= 15 is 0 Å². The standard InChI is InChI=1S/C12H20N2O/c1-9-10(8-13-12(2,3)4)6-7-11(14-9)15-5/h6-7,13H,8H2,1-5H3. The van der Waals surface area contributed by atoms with Gasteiger partial charge in [0.05, 0.1) is 7.11 Å². The summed E-state index contributed by atoms with van der Waals surface area (Å²) >= 11 is 0. The van der Waals surface area contributed by atoms with Crippen LogP contribution in [0.5, 0.6) is 5.88 Å². The summed E-state index contributed by atoms with van der Waals surface area (Å²) in [4.78, 5) is 4.33. The van der Waals surface area contributed by atoms with Crippen LogP contribution >= 0.6 is 0 Å². The van der Waals surface area contributed by atoms with Crippen LogP contribution in [0.25, 0.3) is 0 Å². The molecule has 0 aliphatic rings. The van der Waals surface area contributed by atoms with Crippen molar-refractivity contribution < 1.29 is 4.74 Å². The highest BCUT2D eigenvalue weighted by Gasteiger charge is 2.09. The van der Waals surface area contributed by atoms with Crippen molar-refractivity contribution in [2.24, 2.45) is 0 Å². The molecule has 15 heavy (non-hydrogen) atoms. The Hall–Kier alpha value is -1.09. The predicted molar refractivity (Wildman–Crippen MR) is 62.1 cm³/mol. The van der Waals surface area contributed by atoms with Gasteiger partial charge >= 0.3 is 0 Å². The average molecular weight is 208 g/mol. The predicted octanol–water partition coefficient (Wildman–Crippen LogP) is 2.29. The van der Waals surface area contributed by atoms with E-state index in [0.717, 1.165) is 12.2 Å². The molecule has 0 fully saturated rings. The molecule has 1 heterocycles. The van der Waals surface area contributed by atoms with Crippen LogP contribution in [0.4, 0.5) is 0 Å². The fourth-order valence-electron chi connectivity index (χ4n) is 1.23. The van der Waals surface area contributed by atoms with Gasteiger partial charge in [-0.2, -0.15) is 0 Å². The summed E-state index contributed by atoms with van der Waals surface area (Å²) < 4.78 is 5.06. The van der Waals surface area contributed by atoms with E-state index in [9.17, 15) is 0 Å². The lowest BCUT2D eigenvalue weighted by atomic mass is 10.1. The SMILES string of the molecule is COc1ccc(CNC(C)(C)C)c(C)n1. The first-order valence-corrected chi connectivity index (χ1v) is 5.18. The molecule has 0 atom stereocenters. The molecular weight excluding hydrogens is 188 g/mol. The normalized spacial score (nSPS) is 11.5. The van der Waals surface area contributed by atoms with Crippen LogP contribution in [0.1, 0.15) is 32.0 Å². The number of rotatable bonds is 3. The minimum atomic E-state index is 0.131. The van der Waals surface area contributed by atoms with Gasteiger partial charge in [0, 0.05) is 23.8 Å². The zero-order chi connectivity index (χ0) is 11.5. The smallest absolute Gasteiger partial charge is 0.213 e. The molecule has 0 saturated carbocycles. The lowest BCUT2D eigenvalue weighted by Gasteiger charge is -2.21. The largest absolute Gasteiger partial charge is 0.481 e. The Kier molecular flexibility index (Phi) is 3.69. The third-order valence-corrected chi connectivity index (χ3v) is 2.19. The van der Waals surface area contributed by atoms with Crippen LogP contribution in [0.2, 0.25) is 0 Å². The topological polar surface area (TPSA) is 34.1 Å². The van der Waals surface area contributed by atoms with Crippen LogP contribution in [0.15, 0.2) is 12.1 Å². The van der Waals surface area contributed by atoms with Gasteiger partial charge in [-0.25, -0.2) is 4.98 Å². The number of ether oxygens (including phenoxy) is 1. The van der Waals surface area contributed by atoms with Gasteiger partial charge in [0.25, 0.3) is 0 Å². The number of hydrogen-bond acceptors (Lipinski definition) is 3. The maximum absolute atomic E-state index is 5.06. The fraction of sp³-hybridized carbons (Fsp3) is 0.583. The summed E-state index contributed by atoms with van der Waals surface area (Å²) in [7, 11) is 1.63. The Morgan fingerprint density at radius 2 is 2.00 bits per heavy atom. The van der Waals surface area contributed by atoms with Crippen LogP contribution in [0, 0.1) is 6.92 Å². The summed E-state index contributed by atoms with van der Waals surface area (Å²) in [5.41, 5.74) is 2.36. The maximum Gasteiger partial charge on any atom is 0.213 e. The van der Waals surface area contributed by atoms with Gasteiger partial charge in [0.1, 0.15) is 0 Å². The van der Waals surface area contributed by atoms with Crippen LogP contribution in [-0.4, -0.2) is 17.6 Å². The number of pyridine rings is 1. The van der Waals surface area contributed by atoms with E-state index in [-0.39, 0.29) is 5.54 Å². The second kappa shape index (κ2) is 4.62. The minimum absolute atomic E-state index is 0.131. The molecule has 3 heteroatoms. The van der Waals surface area contributed by atoms with Crippen molar-refractivity contribution in [3.05, 3.63) is 23.4 Å². The molecule has 1 N–H and O–H groups in total. The molecule has 0 unspecified atom stereocenters. The van der Waals surface area contributed by atoms with Crippen molar-refractivity contribution in [1.82, 2.24) is 10.3 Å². The van der Waals surface area contributed by atoms with Crippen molar-refractivity contribution >= 4 is 0 Å². The molecule has 0 saturated heterocycles. The first kappa shape index (κ1) is 12.0. The van der Waals surface area contributed by atoms with Gasteiger partial charge in [0.2, 0.25) is 5.88 Å². The molecule has 0 radical (unpaired) electrons. The van der Waals surface area contributed by atoms with Gasteiger partial charge in [-0.05, 0) is 33.3 Å². The van der Waals surface area contributed by atoms with Crippen LogP contribution < -0.4 is 10.1 Å². The van der Waals surface area contributed by atoms with Gasteiger partial charge in [-0.1, -0.05) is 6.07 Å². The number of aromatic nitrogens is 1. The molecule has 1 rings (SSSR count). The quantitative estimate of drug-likeness (QED) is 0.827. The second-order valence-corrected chi connectivity index (χ2v) is 4.70. The van der Waals surface area contributed by atoms with Crippen molar-refractivity contribution in [2.45, 2.75) is 39.8 Å². The lowest BCUT2D eigenvalue weighted by Crippen LogP contribution is -2.35. The fourth-order valence-corrected chi connectivity index (χ4v) is 1.23. The van der Waals surface area contributed by atoms with E-state index in [4.69, 9.17) is 4.74 Å². The minimum Gasteiger partial charge on any atom is -0.481 e. The van der Waals surface area contributed by atoms with E-state index < -0.39 is 0 Å². The Morgan fingerprint density at radius 3 is 2.47 bits per heavy atom. The molecular formula is C12H20N2O. The van der Waals surface area contributed by atoms with Crippen LogP contribution in [-0.2, 0) is 6.54 Å². The number of nitrogens with one attached hydrogen (secondary N) is 1. The third kappa shape index (κ3) is 3.88. The Balaban J connectivity index is 2.70. The van der Waals surface area contributed by atoms with Crippen molar-refractivity contribution in [2.75, 3.05) is 7.11 Å². The summed E-state index contributed by atoms with van der Waals surface area (Å²) in [5, 5.41) is 3.44. The zero-order valence-electron chi connectivity index (χ0n) is 10.2. The van der Waals surface area contributed by atoms with Gasteiger partial charge in [-0.15, -0.1) is 0 Å². The molecule has 0 aliphatic carbocycles. The zero-order valence-corrected chi connectivity index (χ0v) is 10.2. The highest BCUT2D eigenvalue weighted by atomic mass is 16.5. The van der Waals surface area contributed by atoms with E-state index in [2.05, 4.69) is 37.1 Å². The number of hydrogen-bond donors (Lipinski definition) is 1. The summed E-state index contributed by atoms with van der Waals surface area (Å²) in [6.45, 7) is 9.30. The van der Waals surface area contributed by atoms with Crippen LogP contribution in [0.3, 0.4) is 0 Å². The lowest BCUT2D eigenvalue weighted by molar-refractivity contribution is 0.395. The summed E-state index contributed by atoms with van der Waals surface area (Å²) in [6, 6.07) is 3.95. The molecule has 0 amide bonds. The van der Waals surface area contributed by atoms with Gasteiger partial charge in [0.15, 0.2) is 0 Å². The molecule has 84 valence electrons. The van der Waals surface area contributed by atoms with Crippen molar-refractivity contribution in [3.8, 4) is 5.88 Å². The number of nitrogens with zero attached hydrogens (tertiary/aromatic N) is 1. The van der Waals surface area contributed by atoms with Gasteiger partial charge in [-0.3, -0.25) is 0 Å². The highest BCUT2D eigenvalue weighted by Crippen LogP contribution is 2.12. The molecule has 1 aromatic heterocycles. The van der Waals surface area contributed by atoms with E-state index in [0.29, 0.717) is 5.88 Å². The summed E-state index contributed by atoms with van der Waals surface area (Å²) in [5.74, 6) is 0.673. The highest BCUT2D eigenvalue weighted by molar-refractivity contribution is 5.24. The Morgan fingerprint density at radius 1 is 1.33 bits per heavy atom. The van der Waals surface area contributed by atoms with E-state index in [1.807, 2.05) is 13.0 Å². The van der Waals surface area contributed by atoms with Crippen molar-refractivity contribution in [1.29, 1.82) is 0 Å².